The summed E-state index contributed by atoms with van der Waals surface area (Å²) in [5, 5.41) is 2.73. The lowest BCUT2D eigenvalue weighted by Gasteiger charge is -2.22. The standard InChI is InChI=1S/C24H24F2OS/c25-24(26)20-12-21-22(14-28-23(21)13-19(20)17-6-7-17)27-18-10-8-16(9-11-18)15-4-2-1-3-5-15/h8-15,17,24H,1-7H2. The summed E-state index contributed by atoms with van der Waals surface area (Å²) in [5.74, 6) is 2.42. The highest BCUT2D eigenvalue weighted by Crippen LogP contribution is 2.47. The van der Waals surface area contributed by atoms with Crippen molar-refractivity contribution in [2.24, 2.45) is 0 Å². The summed E-state index contributed by atoms with van der Waals surface area (Å²) in [4.78, 5) is 0. The van der Waals surface area contributed by atoms with E-state index in [1.807, 2.05) is 23.6 Å². The van der Waals surface area contributed by atoms with Gasteiger partial charge in [0.25, 0.3) is 6.43 Å². The number of alkyl halides is 2. The quantitative estimate of drug-likeness (QED) is 0.418. The predicted molar refractivity (Wildman–Crippen MR) is 111 cm³/mol. The molecule has 2 aliphatic carbocycles. The van der Waals surface area contributed by atoms with Crippen LogP contribution in [0.5, 0.6) is 11.5 Å². The third kappa shape index (κ3) is 3.55. The normalized spacial score (nSPS) is 18.1. The van der Waals surface area contributed by atoms with Crippen molar-refractivity contribution in [3.63, 3.8) is 0 Å². The van der Waals surface area contributed by atoms with Crippen molar-refractivity contribution in [3.8, 4) is 11.5 Å². The van der Waals surface area contributed by atoms with Gasteiger partial charge in [0.2, 0.25) is 0 Å². The molecule has 0 atom stereocenters. The maximum atomic E-state index is 13.6. The number of halogens is 2. The number of rotatable bonds is 5. The number of fused-ring (bicyclic) bond motifs is 1. The van der Waals surface area contributed by atoms with Crippen molar-refractivity contribution in [3.05, 3.63) is 58.5 Å². The fourth-order valence-corrected chi connectivity index (χ4v) is 5.36. The Balaban J connectivity index is 1.41. The molecule has 2 saturated carbocycles. The van der Waals surface area contributed by atoms with Crippen LogP contribution in [0.15, 0.2) is 41.8 Å². The summed E-state index contributed by atoms with van der Waals surface area (Å²) in [7, 11) is 0. The van der Waals surface area contributed by atoms with Gasteiger partial charge in [0.1, 0.15) is 11.5 Å². The first-order valence-corrected chi connectivity index (χ1v) is 11.2. The number of hydrogen-bond donors (Lipinski definition) is 0. The van der Waals surface area contributed by atoms with Gasteiger partial charge in [-0.2, -0.15) is 0 Å². The van der Waals surface area contributed by atoms with Gasteiger partial charge in [-0.3, -0.25) is 0 Å². The molecule has 4 heteroatoms. The second kappa shape index (κ2) is 7.47. The van der Waals surface area contributed by atoms with E-state index in [-0.39, 0.29) is 5.56 Å². The molecule has 2 fully saturated rings. The molecule has 0 aliphatic heterocycles. The first kappa shape index (κ1) is 18.1. The molecule has 3 aromatic rings. The number of hydrogen-bond acceptors (Lipinski definition) is 2. The third-order valence-corrected chi connectivity index (χ3v) is 7.10. The van der Waals surface area contributed by atoms with Crippen LogP contribution in [0.3, 0.4) is 0 Å². The van der Waals surface area contributed by atoms with Crippen molar-refractivity contribution in [1.82, 2.24) is 0 Å². The van der Waals surface area contributed by atoms with Crippen molar-refractivity contribution in [2.45, 2.75) is 63.2 Å². The molecular weight excluding hydrogens is 374 g/mol. The van der Waals surface area contributed by atoms with Crippen LogP contribution in [0.2, 0.25) is 0 Å². The van der Waals surface area contributed by atoms with Crippen LogP contribution in [0.25, 0.3) is 10.1 Å². The second-order valence-corrected chi connectivity index (χ2v) is 9.07. The molecule has 146 valence electrons. The van der Waals surface area contributed by atoms with E-state index in [1.54, 1.807) is 17.4 Å². The van der Waals surface area contributed by atoms with E-state index < -0.39 is 6.43 Å². The largest absolute Gasteiger partial charge is 0.456 e. The lowest BCUT2D eigenvalue weighted by atomic mass is 9.84. The molecule has 0 amide bonds. The summed E-state index contributed by atoms with van der Waals surface area (Å²) >= 11 is 1.57. The SMILES string of the molecule is FC(F)c1cc2c(Oc3ccc(C4CCCCC4)cc3)csc2cc1C1CC1. The van der Waals surface area contributed by atoms with Gasteiger partial charge in [0.15, 0.2) is 0 Å². The number of benzene rings is 2. The van der Waals surface area contributed by atoms with Gasteiger partial charge < -0.3 is 4.74 Å². The molecule has 1 nitrogen and oxygen atoms in total. The van der Waals surface area contributed by atoms with Gasteiger partial charge in [-0.05, 0) is 72.9 Å². The Hall–Kier alpha value is -1.94. The molecular formula is C24H24F2OS. The molecule has 2 aromatic carbocycles. The highest BCUT2D eigenvalue weighted by molar-refractivity contribution is 7.17. The lowest BCUT2D eigenvalue weighted by molar-refractivity contribution is 0.150. The Morgan fingerprint density at radius 2 is 1.64 bits per heavy atom. The van der Waals surface area contributed by atoms with E-state index in [9.17, 15) is 8.78 Å². The summed E-state index contributed by atoms with van der Waals surface area (Å²) in [5.41, 5.74) is 2.38. The number of ether oxygens (including phenoxy) is 1. The average Bonchev–Trinajstić information content (AvgIpc) is 3.50. The van der Waals surface area contributed by atoms with E-state index in [0.717, 1.165) is 34.2 Å². The fraction of sp³-hybridized carbons (Fsp3) is 0.417. The molecule has 0 saturated heterocycles. The Labute approximate surface area is 168 Å². The van der Waals surface area contributed by atoms with Crippen LogP contribution in [-0.4, -0.2) is 0 Å². The number of thiophene rings is 1. The average molecular weight is 399 g/mol. The topological polar surface area (TPSA) is 9.23 Å². The van der Waals surface area contributed by atoms with Crippen LogP contribution < -0.4 is 4.74 Å². The Bertz CT molecular complexity index is 966. The van der Waals surface area contributed by atoms with Gasteiger partial charge >= 0.3 is 0 Å². The molecule has 0 unspecified atom stereocenters. The fourth-order valence-electron chi connectivity index (χ4n) is 4.47. The molecule has 1 heterocycles. The van der Waals surface area contributed by atoms with Crippen LogP contribution >= 0.6 is 11.3 Å². The molecule has 0 bridgehead atoms. The molecule has 1 aromatic heterocycles. The summed E-state index contributed by atoms with van der Waals surface area (Å²) in [6, 6.07) is 12.0. The lowest BCUT2D eigenvalue weighted by Crippen LogP contribution is -2.04. The van der Waals surface area contributed by atoms with Crippen LogP contribution in [0, 0.1) is 0 Å². The van der Waals surface area contributed by atoms with Gasteiger partial charge in [-0.25, -0.2) is 8.78 Å². The zero-order chi connectivity index (χ0) is 19.1. The maximum Gasteiger partial charge on any atom is 0.264 e. The minimum absolute atomic E-state index is 0.172. The summed E-state index contributed by atoms with van der Waals surface area (Å²) in [6.45, 7) is 0. The van der Waals surface area contributed by atoms with Crippen LogP contribution in [-0.2, 0) is 0 Å². The minimum Gasteiger partial charge on any atom is -0.456 e. The predicted octanol–water partition coefficient (Wildman–Crippen LogP) is 8.56. The maximum absolute atomic E-state index is 13.6. The summed E-state index contributed by atoms with van der Waals surface area (Å²) < 4.78 is 34.3. The van der Waals surface area contributed by atoms with Crippen LogP contribution in [0.1, 0.15) is 79.9 Å². The van der Waals surface area contributed by atoms with Crippen molar-refractivity contribution < 1.29 is 13.5 Å². The van der Waals surface area contributed by atoms with Crippen molar-refractivity contribution in [1.29, 1.82) is 0 Å². The van der Waals surface area contributed by atoms with Gasteiger partial charge in [-0.1, -0.05) is 31.4 Å². The van der Waals surface area contributed by atoms with Crippen LogP contribution in [0.4, 0.5) is 8.78 Å². The van der Waals surface area contributed by atoms with Gasteiger partial charge in [0, 0.05) is 21.0 Å². The molecule has 5 rings (SSSR count). The molecule has 0 radical (unpaired) electrons. The highest BCUT2D eigenvalue weighted by atomic mass is 32.1. The first-order valence-electron chi connectivity index (χ1n) is 10.3. The van der Waals surface area contributed by atoms with E-state index in [1.165, 1.54) is 37.7 Å². The first-order chi connectivity index (χ1) is 13.7. The Morgan fingerprint density at radius 1 is 0.893 bits per heavy atom. The van der Waals surface area contributed by atoms with Crippen molar-refractivity contribution in [2.75, 3.05) is 0 Å². The Morgan fingerprint density at radius 3 is 2.32 bits per heavy atom. The third-order valence-electron chi connectivity index (χ3n) is 6.18. The molecule has 0 spiro atoms. The highest BCUT2D eigenvalue weighted by Gasteiger charge is 2.29. The van der Waals surface area contributed by atoms with Gasteiger partial charge in [0.05, 0.1) is 0 Å². The zero-order valence-electron chi connectivity index (χ0n) is 15.8. The van der Waals surface area contributed by atoms with Gasteiger partial charge in [-0.15, -0.1) is 11.3 Å². The molecule has 28 heavy (non-hydrogen) atoms. The Kier molecular flexibility index (Phi) is 4.83. The minimum atomic E-state index is -2.44. The molecule has 0 N–H and O–H groups in total. The monoisotopic (exact) mass is 398 g/mol. The van der Waals surface area contributed by atoms with Crippen molar-refractivity contribution >= 4 is 21.4 Å². The van der Waals surface area contributed by atoms with E-state index in [0.29, 0.717) is 17.6 Å². The van der Waals surface area contributed by atoms with E-state index in [4.69, 9.17) is 4.74 Å². The second-order valence-electron chi connectivity index (χ2n) is 8.16. The smallest absolute Gasteiger partial charge is 0.264 e. The van der Waals surface area contributed by atoms with E-state index in [2.05, 4.69) is 12.1 Å². The zero-order valence-corrected chi connectivity index (χ0v) is 16.6. The van der Waals surface area contributed by atoms with E-state index >= 15 is 0 Å². The summed E-state index contributed by atoms with van der Waals surface area (Å²) in [6.07, 6.45) is 6.14. The molecule has 2 aliphatic rings.